The molecule has 0 aliphatic carbocycles. The first-order chi connectivity index (χ1) is 7.70. The van der Waals surface area contributed by atoms with Crippen LogP contribution in [0.4, 0.5) is 0 Å². The van der Waals surface area contributed by atoms with Crippen LogP contribution in [0.3, 0.4) is 0 Å². The molecule has 1 unspecified atom stereocenters. The summed E-state index contributed by atoms with van der Waals surface area (Å²) in [5, 5.41) is -0.133. The van der Waals surface area contributed by atoms with E-state index >= 15 is 0 Å². The van der Waals surface area contributed by atoms with E-state index in [0.29, 0.717) is 5.56 Å². The van der Waals surface area contributed by atoms with Crippen LogP contribution in [0.15, 0.2) is 18.2 Å². The van der Waals surface area contributed by atoms with Crippen LogP contribution in [-0.4, -0.2) is 18.0 Å². The highest BCUT2D eigenvalue weighted by Crippen LogP contribution is 2.45. The van der Waals surface area contributed by atoms with Gasteiger partial charge in [0.1, 0.15) is 11.5 Å². The van der Waals surface area contributed by atoms with Crippen LogP contribution in [0.5, 0.6) is 5.75 Å². The van der Waals surface area contributed by atoms with Gasteiger partial charge in [0.25, 0.3) is 10.1 Å². The summed E-state index contributed by atoms with van der Waals surface area (Å²) in [5.74, 6) is 0.375. The fraction of sp³-hybridized carbons (Fsp3) is 0.455. The number of rotatable bonds is 2. The molecular weight excluding hydrogens is 308 g/mol. The molecule has 1 N–H and O–H groups in total. The maximum absolute atomic E-state index is 10.8. The van der Waals surface area contributed by atoms with Crippen molar-refractivity contribution in [1.29, 1.82) is 0 Å². The van der Waals surface area contributed by atoms with Gasteiger partial charge in [0, 0.05) is 11.0 Å². The molecule has 0 bridgehead atoms. The Balaban J connectivity index is 2.42. The highest BCUT2D eigenvalue weighted by molar-refractivity contribution is 9.09. The van der Waals surface area contributed by atoms with E-state index in [1.54, 1.807) is 18.2 Å². The van der Waals surface area contributed by atoms with Gasteiger partial charge in [-0.15, -0.1) is 0 Å². The van der Waals surface area contributed by atoms with E-state index in [1.807, 2.05) is 13.8 Å². The predicted molar refractivity (Wildman–Crippen MR) is 68.1 cm³/mol. The van der Waals surface area contributed by atoms with Crippen molar-refractivity contribution >= 4 is 26.0 Å². The second kappa shape index (κ2) is 3.96. The molecule has 94 valence electrons. The summed E-state index contributed by atoms with van der Waals surface area (Å²) in [7, 11) is -4.00. The highest BCUT2D eigenvalue weighted by Gasteiger charge is 2.40. The first-order valence-corrected chi connectivity index (χ1v) is 7.62. The van der Waals surface area contributed by atoms with Gasteiger partial charge >= 0.3 is 0 Å². The van der Waals surface area contributed by atoms with Gasteiger partial charge < -0.3 is 4.74 Å². The molecule has 0 spiro atoms. The number of hydrogen-bond acceptors (Lipinski definition) is 3. The molecule has 1 aromatic carbocycles. The average Bonchev–Trinajstić information content (AvgIpc) is 2.37. The second-order valence-corrected chi connectivity index (χ2v) is 7.00. The van der Waals surface area contributed by atoms with Crippen LogP contribution in [0.25, 0.3) is 0 Å². The van der Waals surface area contributed by atoms with Crippen molar-refractivity contribution in [2.45, 2.75) is 30.0 Å². The Hall–Kier alpha value is -0.590. The van der Waals surface area contributed by atoms with E-state index in [9.17, 15) is 8.42 Å². The molecule has 0 radical (unpaired) electrons. The quantitative estimate of drug-likeness (QED) is 0.671. The Morgan fingerprint density at radius 2 is 2.12 bits per heavy atom. The summed E-state index contributed by atoms with van der Waals surface area (Å²) < 4.78 is 36.1. The molecule has 0 aromatic heterocycles. The lowest BCUT2D eigenvalue weighted by Crippen LogP contribution is -2.26. The van der Waals surface area contributed by atoms with E-state index in [2.05, 4.69) is 15.9 Å². The lowest BCUT2D eigenvalue weighted by molar-refractivity contribution is 0.262. The second-order valence-electron chi connectivity index (χ2n) is 4.71. The van der Waals surface area contributed by atoms with Crippen LogP contribution in [0.1, 0.15) is 25.0 Å². The molecule has 2 rings (SSSR count). The van der Waals surface area contributed by atoms with Gasteiger partial charge in [-0.3, -0.25) is 4.55 Å². The summed E-state index contributed by atoms with van der Waals surface area (Å²) in [6.45, 7) is 4.02. The molecule has 0 amide bonds. The van der Waals surface area contributed by atoms with Gasteiger partial charge in [0.05, 0.1) is 0 Å². The topological polar surface area (TPSA) is 63.6 Å². The zero-order valence-electron chi connectivity index (χ0n) is 9.47. The van der Waals surface area contributed by atoms with Gasteiger partial charge in [0.2, 0.25) is 0 Å². The zero-order valence-corrected chi connectivity index (χ0v) is 11.9. The summed E-state index contributed by atoms with van der Waals surface area (Å²) in [6, 6.07) is 5.15. The van der Waals surface area contributed by atoms with E-state index in [4.69, 9.17) is 9.29 Å². The molecule has 1 aromatic rings. The Labute approximate surface area is 109 Å². The fourth-order valence-electron chi connectivity index (χ4n) is 1.86. The van der Waals surface area contributed by atoms with Gasteiger partial charge in [0.15, 0.2) is 5.01 Å². The summed E-state index contributed by atoms with van der Waals surface area (Å²) >= 11 is 3.44. The maximum atomic E-state index is 10.8. The van der Waals surface area contributed by atoms with Crippen molar-refractivity contribution in [3.8, 4) is 5.75 Å². The summed E-state index contributed by atoms with van der Waals surface area (Å²) in [6.07, 6.45) is 0. The zero-order chi connectivity index (χ0) is 12.8. The van der Waals surface area contributed by atoms with Gasteiger partial charge in [-0.1, -0.05) is 26.0 Å². The van der Waals surface area contributed by atoms with E-state index in [0.717, 1.165) is 11.3 Å². The monoisotopic (exact) mass is 320 g/mol. The minimum Gasteiger partial charge on any atom is -0.478 e. The molecular formula is C11H13BrO4S. The fourth-order valence-corrected chi connectivity index (χ4v) is 2.91. The van der Waals surface area contributed by atoms with Crippen LogP contribution < -0.4 is 4.74 Å². The number of ether oxygens (including phenoxy) is 1. The maximum Gasteiger partial charge on any atom is 0.269 e. The van der Waals surface area contributed by atoms with Crippen LogP contribution in [-0.2, 0) is 21.3 Å². The third-order valence-corrected chi connectivity index (χ3v) is 4.91. The lowest BCUT2D eigenvalue weighted by Gasteiger charge is -2.20. The Bertz CT molecular complexity index is 551. The molecule has 0 saturated carbocycles. The van der Waals surface area contributed by atoms with E-state index in [1.165, 1.54) is 0 Å². The molecule has 1 atom stereocenters. The van der Waals surface area contributed by atoms with Crippen LogP contribution in [0.2, 0.25) is 0 Å². The average molecular weight is 321 g/mol. The van der Waals surface area contributed by atoms with Gasteiger partial charge in [-0.25, -0.2) is 0 Å². The molecule has 0 fully saturated rings. The molecule has 4 nitrogen and oxygen atoms in total. The van der Waals surface area contributed by atoms with Crippen molar-refractivity contribution in [1.82, 2.24) is 0 Å². The van der Waals surface area contributed by atoms with Crippen molar-refractivity contribution in [3.63, 3.8) is 0 Å². The lowest BCUT2D eigenvalue weighted by atomic mass is 9.86. The molecule has 1 aliphatic rings. The third-order valence-electron chi connectivity index (χ3n) is 2.89. The third kappa shape index (κ3) is 2.48. The number of fused-ring (bicyclic) bond motifs is 1. The van der Waals surface area contributed by atoms with Crippen LogP contribution in [0, 0.1) is 0 Å². The Morgan fingerprint density at radius 1 is 1.47 bits per heavy atom. The van der Waals surface area contributed by atoms with Crippen molar-refractivity contribution in [3.05, 3.63) is 29.3 Å². The Kier molecular flexibility index (Phi) is 3.00. The molecule has 1 heterocycles. The van der Waals surface area contributed by atoms with Crippen molar-refractivity contribution < 1.29 is 17.7 Å². The van der Waals surface area contributed by atoms with Crippen molar-refractivity contribution in [2.75, 3.05) is 0 Å². The molecule has 1 aliphatic heterocycles. The first-order valence-electron chi connectivity index (χ1n) is 5.09. The number of benzene rings is 1. The predicted octanol–water partition coefficient (Wildman–Crippen LogP) is 2.47. The largest absolute Gasteiger partial charge is 0.478 e. The molecule has 17 heavy (non-hydrogen) atoms. The molecule has 0 saturated heterocycles. The van der Waals surface area contributed by atoms with Gasteiger partial charge in [-0.05, 0) is 27.6 Å². The first kappa shape index (κ1) is 12.9. The minimum atomic E-state index is -4.00. The smallest absolute Gasteiger partial charge is 0.269 e. The number of alkyl halides is 1. The normalized spacial score (nSPS) is 22.0. The van der Waals surface area contributed by atoms with E-state index < -0.39 is 10.1 Å². The summed E-state index contributed by atoms with van der Waals surface area (Å²) in [4.78, 5) is 0. The summed E-state index contributed by atoms with van der Waals surface area (Å²) in [5.41, 5.74) is 1.27. The SMILES string of the molecule is CC1(C)c2cc(CS(=O)(=O)O)ccc2OC1Br. The van der Waals surface area contributed by atoms with Crippen LogP contribution >= 0.6 is 15.9 Å². The van der Waals surface area contributed by atoms with E-state index in [-0.39, 0.29) is 16.2 Å². The van der Waals surface area contributed by atoms with Gasteiger partial charge in [-0.2, -0.15) is 8.42 Å². The molecule has 6 heteroatoms. The number of hydrogen-bond donors (Lipinski definition) is 1. The Morgan fingerprint density at radius 3 is 2.71 bits per heavy atom. The minimum absolute atomic E-state index is 0.133. The highest BCUT2D eigenvalue weighted by atomic mass is 79.9. The number of halogens is 1. The van der Waals surface area contributed by atoms with Crippen molar-refractivity contribution in [2.24, 2.45) is 0 Å². The standard InChI is InChI=1S/C11H13BrO4S/c1-11(2)8-5-7(6-17(13,14)15)3-4-9(8)16-10(11)12/h3-5,10H,6H2,1-2H3,(H,13,14,15).